The van der Waals surface area contributed by atoms with Crippen molar-refractivity contribution in [2.24, 2.45) is 5.73 Å². The molecule has 0 saturated carbocycles. The van der Waals surface area contributed by atoms with Crippen molar-refractivity contribution < 1.29 is 23.9 Å². The molecule has 41 heavy (non-hydrogen) atoms. The van der Waals surface area contributed by atoms with Gasteiger partial charge in [-0.2, -0.15) is 5.26 Å². The number of ether oxygens (including phenoxy) is 1. The van der Waals surface area contributed by atoms with Crippen molar-refractivity contribution in [2.75, 3.05) is 32.7 Å². The lowest BCUT2D eigenvalue weighted by atomic mass is 10.2. The van der Waals surface area contributed by atoms with Crippen molar-refractivity contribution >= 4 is 23.6 Å². The summed E-state index contributed by atoms with van der Waals surface area (Å²) in [6.45, 7) is 3.10. The Labute approximate surface area is 244 Å². The highest BCUT2D eigenvalue weighted by Gasteiger charge is 2.10. The molecule has 6 N–H and O–H groups in total. The Kier molecular flexibility index (Phi) is 21.1. The van der Waals surface area contributed by atoms with Crippen molar-refractivity contribution in [3.8, 4) is 6.07 Å². The second-order valence-electron chi connectivity index (χ2n) is 9.87. The summed E-state index contributed by atoms with van der Waals surface area (Å²) in [6.07, 6.45) is 6.37. The number of unbranched alkanes of at least 4 members (excludes halogenated alkanes) is 4. The lowest BCUT2D eigenvalue weighted by Gasteiger charge is -2.11. The predicted molar refractivity (Wildman–Crippen MR) is 157 cm³/mol. The molecule has 0 bridgehead atoms. The summed E-state index contributed by atoms with van der Waals surface area (Å²) in [5, 5.41) is 20.4. The number of hydrogen-bond donors (Lipinski definition) is 5. The number of benzene rings is 1. The molecule has 0 saturated heterocycles. The molecule has 0 radical (unpaired) electrons. The van der Waals surface area contributed by atoms with E-state index in [9.17, 15) is 24.4 Å². The molecule has 0 aliphatic rings. The van der Waals surface area contributed by atoms with Gasteiger partial charge in [-0.25, -0.2) is 0 Å². The number of rotatable bonds is 24. The maximum atomic E-state index is 12.0. The minimum absolute atomic E-state index is 0.107. The number of nitrogens with zero attached hydrogens (tertiary/aromatic N) is 1. The van der Waals surface area contributed by atoms with Gasteiger partial charge in [-0.1, -0.05) is 36.8 Å². The van der Waals surface area contributed by atoms with Gasteiger partial charge in [0.05, 0.1) is 12.7 Å². The Bertz CT molecular complexity index is 922. The maximum absolute atomic E-state index is 12.0. The molecule has 1 aromatic carbocycles. The van der Waals surface area contributed by atoms with Crippen LogP contribution in [-0.2, 0) is 30.5 Å². The average Bonchev–Trinajstić information content (AvgIpc) is 2.98. The molecule has 1 atom stereocenters. The Balaban J connectivity index is 1.94. The van der Waals surface area contributed by atoms with Crippen molar-refractivity contribution in [1.82, 2.24) is 21.3 Å². The third-order valence-electron chi connectivity index (χ3n) is 6.26. The van der Waals surface area contributed by atoms with Crippen molar-refractivity contribution in [2.45, 2.75) is 89.8 Å². The first-order valence-electron chi connectivity index (χ1n) is 14.8. The number of hydrogen-bond acceptors (Lipinski definition) is 7. The van der Waals surface area contributed by atoms with Gasteiger partial charge >= 0.3 is 0 Å². The van der Waals surface area contributed by atoms with E-state index in [4.69, 9.17) is 10.5 Å². The van der Waals surface area contributed by atoms with Crippen LogP contribution in [0.2, 0.25) is 0 Å². The number of carbonyl (C=O) groups excluding carboxylic acids is 4. The number of amides is 4. The number of nitrogens with one attached hydrogen (secondary N) is 4. The fourth-order valence-electron chi connectivity index (χ4n) is 3.84. The van der Waals surface area contributed by atoms with Crippen LogP contribution >= 0.6 is 0 Å². The topological polar surface area (TPSA) is 175 Å². The summed E-state index contributed by atoms with van der Waals surface area (Å²) >= 11 is 0. The molecule has 228 valence electrons. The number of carbonyl (C=O) groups is 4. The highest BCUT2D eigenvalue weighted by Crippen LogP contribution is 2.07. The van der Waals surface area contributed by atoms with Gasteiger partial charge in [-0.15, -0.1) is 0 Å². The van der Waals surface area contributed by atoms with Gasteiger partial charge in [0.25, 0.3) is 0 Å². The normalized spacial score (nSPS) is 11.2. The van der Waals surface area contributed by atoms with Gasteiger partial charge in [0.2, 0.25) is 23.6 Å². The predicted octanol–water partition coefficient (Wildman–Crippen LogP) is 2.20. The van der Waals surface area contributed by atoms with E-state index in [1.54, 1.807) is 0 Å². The molecule has 0 aliphatic carbocycles. The minimum Gasteiger partial charge on any atom is -0.359 e. The van der Waals surface area contributed by atoms with Crippen LogP contribution in [0.15, 0.2) is 30.3 Å². The molecule has 0 fully saturated rings. The van der Waals surface area contributed by atoms with E-state index in [2.05, 4.69) is 27.3 Å². The molecule has 0 spiro atoms. The van der Waals surface area contributed by atoms with Gasteiger partial charge in [-0.05, 0) is 57.1 Å². The van der Waals surface area contributed by atoms with Crippen molar-refractivity contribution in [3.05, 3.63) is 35.9 Å². The molecule has 11 heteroatoms. The average molecular weight is 573 g/mol. The smallest absolute Gasteiger partial charge is 0.220 e. The molecule has 0 heterocycles. The van der Waals surface area contributed by atoms with Crippen LogP contribution in [0.4, 0.5) is 0 Å². The summed E-state index contributed by atoms with van der Waals surface area (Å²) in [4.78, 5) is 47.6. The summed E-state index contributed by atoms with van der Waals surface area (Å²) < 4.78 is 5.62. The first-order chi connectivity index (χ1) is 19.9. The minimum atomic E-state index is -0.533. The van der Waals surface area contributed by atoms with Crippen LogP contribution in [0.25, 0.3) is 0 Å². The molecule has 1 rings (SSSR count). The quantitative estimate of drug-likeness (QED) is 0.118. The summed E-state index contributed by atoms with van der Waals surface area (Å²) in [6, 6.07) is 11.8. The van der Waals surface area contributed by atoms with Crippen molar-refractivity contribution in [1.29, 1.82) is 5.26 Å². The Morgan fingerprint density at radius 3 is 1.56 bits per heavy atom. The van der Waals surface area contributed by atoms with Crippen molar-refractivity contribution in [3.63, 3.8) is 0 Å². The van der Waals surface area contributed by atoms with Crippen LogP contribution in [0.5, 0.6) is 0 Å². The third-order valence-corrected chi connectivity index (χ3v) is 6.26. The fraction of sp³-hybridized carbons (Fsp3) is 0.633. The maximum Gasteiger partial charge on any atom is 0.220 e. The number of nitrogens with two attached hydrogens (primary N) is 1. The molecule has 4 amide bonds. The summed E-state index contributed by atoms with van der Waals surface area (Å²) in [7, 11) is 0. The first kappa shape index (κ1) is 35.5. The highest BCUT2D eigenvalue weighted by molar-refractivity contribution is 5.84. The molecule has 1 unspecified atom stereocenters. The first-order valence-corrected chi connectivity index (χ1v) is 14.8. The lowest BCUT2D eigenvalue weighted by molar-refractivity contribution is -0.126. The molecular weight excluding hydrogens is 524 g/mol. The van der Waals surface area contributed by atoms with E-state index < -0.39 is 6.10 Å². The van der Waals surface area contributed by atoms with Crippen LogP contribution in [0.3, 0.4) is 0 Å². The molecule has 0 aromatic heterocycles. The largest absolute Gasteiger partial charge is 0.359 e. The Morgan fingerprint density at radius 1 is 0.683 bits per heavy atom. The van der Waals surface area contributed by atoms with Crippen LogP contribution in [-0.4, -0.2) is 62.5 Å². The third kappa shape index (κ3) is 21.0. The standard InChI is InChI=1S/C30H48N6O5/c31-18-6-2-7-19-33-27(37)14-15-28(38)34-20-8-3-9-21-35-29(39)16-17-30(40)36-22-10-13-26(23-32)41-24-25-11-4-1-5-12-25/h1,4-5,11-12,26H,2-3,6-10,13-22,24,31H2,(H,33,37)(H,34,38)(H,35,39)(H,36,40). The van der Waals surface area contributed by atoms with Gasteiger partial charge in [0.1, 0.15) is 6.10 Å². The van der Waals surface area contributed by atoms with E-state index in [1.807, 2.05) is 30.3 Å². The lowest BCUT2D eigenvalue weighted by Crippen LogP contribution is -2.29. The monoisotopic (exact) mass is 572 g/mol. The van der Waals surface area contributed by atoms with E-state index in [1.165, 1.54) is 0 Å². The second-order valence-corrected chi connectivity index (χ2v) is 9.87. The van der Waals surface area contributed by atoms with Crippen LogP contribution in [0, 0.1) is 11.3 Å². The molecular formula is C30H48N6O5. The zero-order chi connectivity index (χ0) is 30.0. The number of nitriles is 1. The van der Waals surface area contributed by atoms with E-state index in [0.717, 1.165) is 44.1 Å². The Morgan fingerprint density at radius 2 is 1.12 bits per heavy atom. The van der Waals surface area contributed by atoms with Crippen LogP contribution in [0.1, 0.15) is 82.6 Å². The Hall–Kier alpha value is -3.49. The van der Waals surface area contributed by atoms with Gasteiger partial charge in [0.15, 0.2) is 0 Å². The van der Waals surface area contributed by atoms with Gasteiger partial charge < -0.3 is 31.7 Å². The van der Waals surface area contributed by atoms with E-state index in [-0.39, 0.29) is 49.3 Å². The SMILES string of the molecule is N#CC(CCCNC(=O)CCC(=O)NCCCCCNC(=O)CCC(=O)NCCCCCN)OCc1ccccc1. The van der Waals surface area contributed by atoms with Gasteiger partial charge in [0, 0.05) is 51.9 Å². The summed E-state index contributed by atoms with van der Waals surface area (Å²) in [5.74, 6) is -0.634. The fourth-order valence-corrected chi connectivity index (χ4v) is 3.84. The molecule has 11 nitrogen and oxygen atoms in total. The zero-order valence-electron chi connectivity index (χ0n) is 24.3. The highest BCUT2D eigenvalue weighted by atomic mass is 16.5. The van der Waals surface area contributed by atoms with E-state index >= 15 is 0 Å². The van der Waals surface area contributed by atoms with Crippen LogP contribution < -0.4 is 27.0 Å². The summed E-state index contributed by atoms with van der Waals surface area (Å²) in [5.41, 5.74) is 6.43. The molecule has 1 aromatic rings. The second kappa shape index (κ2) is 24.3. The van der Waals surface area contributed by atoms with Gasteiger partial charge in [-0.3, -0.25) is 19.2 Å². The zero-order valence-corrected chi connectivity index (χ0v) is 24.3. The molecule has 0 aliphatic heterocycles. The van der Waals surface area contributed by atoms with E-state index in [0.29, 0.717) is 52.2 Å².